The molecule has 1 aliphatic heterocycles. The number of ether oxygens (including phenoxy) is 6. The molecule has 8 heteroatoms. The molecule has 1 aliphatic rings. The zero-order chi connectivity index (χ0) is 29.9. The molecule has 1 saturated heterocycles. The molecule has 226 valence electrons. The Balaban J connectivity index is 1.39. The van der Waals surface area contributed by atoms with Crippen LogP contribution in [0.5, 0.6) is 0 Å². The van der Waals surface area contributed by atoms with Crippen molar-refractivity contribution in [1.82, 2.24) is 0 Å². The molecule has 0 aliphatic carbocycles. The van der Waals surface area contributed by atoms with Crippen molar-refractivity contribution in [2.24, 2.45) is 0 Å². The zero-order valence-electron chi connectivity index (χ0n) is 24.0. The van der Waals surface area contributed by atoms with Crippen molar-refractivity contribution in [1.29, 1.82) is 0 Å². The van der Waals surface area contributed by atoms with Crippen molar-refractivity contribution in [3.63, 3.8) is 0 Å². The minimum Gasteiger partial charge on any atom is -0.374 e. The summed E-state index contributed by atoms with van der Waals surface area (Å²) in [6, 6.07) is 35.2. The normalized spacial score (nSPS) is 22.0. The van der Waals surface area contributed by atoms with Crippen LogP contribution in [-0.2, 0) is 54.8 Å². The van der Waals surface area contributed by atoms with Crippen LogP contribution in [-0.4, -0.2) is 44.4 Å². The molecule has 4 aromatic rings. The lowest BCUT2D eigenvalue weighted by molar-refractivity contribution is -0.323. The summed E-state index contributed by atoms with van der Waals surface area (Å²) < 4.78 is 38.2. The average Bonchev–Trinajstić information content (AvgIpc) is 3.04. The van der Waals surface area contributed by atoms with Gasteiger partial charge in [0.25, 0.3) is 0 Å². The lowest BCUT2D eigenvalue weighted by Crippen LogP contribution is -2.61. The van der Waals surface area contributed by atoms with E-state index in [9.17, 15) is 0 Å². The molecule has 1 heterocycles. The van der Waals surface area contributed by atoms with E-state index in [4.69, 9.17) is 51.6 Å². The Morgan fingerprint density at radius 1 is 0.581 bits per heavy atom. The van der Waals surface area contributed by atoms with Crippen molar-refractivity contribution in [3.8, 4) is 0 Å². The summed E-state index contributed by atoms with van der Waals surface area (Å²) in [6.45, 7) is 1.62. The molecule has 0 unspecified atom stereocenters. The molecule has 5 atom stereocenters. The van der Waals surface area contributed by atoms with Crippen LogP contribution in [0.3, 0.4) is 0 Å². The van der Waals surface area contributed by atoms with E-state index in [0.717, 1.165) is 22.3 Å². The third kappa shape index (κ3) is 9.11. The van der Waals surface area contributed by atoms with Gasteiger partial charge in [-0.3, -0.25) is 0 Å². The number of hydrogen-bond acceptors (Lipinski definition) is 6. The topological polar surface area (TPSA) is 55.4 Å². The van der Waals surface area contributed by atoms with Crippen LogP contribution in [0.1, 0.15) is 22.3 Å². The summed E-state index contributed by atoms with van der Waals surface area (Å²) in [5.74, 6) is 0. The van der Waals surface area contributed by atoms with Gasteiger partial charge in [-0.2, -0.15) is 0 Å². The highest BCUT2D eigenvalue weighted by Gasteiger charge is 2.48. The van der Waals surface area contributed by atoms with Crippen molar-refractivity contribution in [2.75, 3.05) is 13.7 Å². The van der Waals surface area contributed by atoms with Crippen LogP contribution in [0, 0.1) is 0 Å². The van der Waals surface area contributed by atoms with Crippen LogP contribution in [0.15, 0.2) is 109 Å². The Bertz CT molecular complexity index is 1370. The number of hydrogen-bond donors (Lipinski definition) is 0. The Morgan fingerprint density at radius 2 is 1.14 bits per heavy atom. The quantitative estimate of drug-likeness (QED) is 0.144. The summed E-state index contributed by atoms with van der Waals surface area (Å²) in [6.07, 6.45) is -2.92. The Hall–Kier alpha value is -2.78. The van der Waals surface area contributed by atoms with Gasteiger partial charge in [-0.25, -0.2) is 0 Å². The Morgan fingerprint density at radius 3 is 1.77 bits per heavy atom. The van der Waals surface area contributed by atoms with E-state index >= 15 is 0 Å². The first-order chi connectivity index (χ1) is 21.1. The maximum atomic E-state index is 6.63. The molecule has 5 rings (SSSR count). The third-order valence-electron chi connectivity index (χ3n) is 7.25. The van der Waals surface area contributed by atoms with Crippen LogP contribution >= 0.6 is 23.2 Å². The molecule has 1 fully saturated rings. The van der Waals surface area contributed by atoms with Crippen LogP contribution in [0.25, 0.3) is 0 Å². The van der Waals surface area contributed by atoms with Crippen molar-refractivity contribution in [3.05, 3.63) is 141 Å². The van der Waals surface area contributed by atoms with Crippen LogP contribution in [0.4, 0.5) is 0 Å². The fraction of sp³-hybridized carbons (Fsp3) is 0.314. The molecule has 0 amide bonds. The van der Waals surface area contributed by atoms with Crippen LogP contribution < -0.4 is 0 Å². The molecule has 43 heavy (non-hydrogen) atoms. The lowest BCUT2D eigenvalue weighted by atomic mass is 9.97. The van der Waals surface area contributed by atoms with Gasteiger partial charge in [0.1, 0.15) is 24.4 Å². The predicted molar refractivity (Wildman–Crippen MR) is 167 cm³/mol. The van der Waals surface area contributed by atoms with Gasteiger partial charge in [0.15, 0.2) is 6.29 Å². The Kier molecular flexibility index (Phi) is 12.0. The molecular formula is C35H36Cl2O6. The highest BCUT2D eigenvalue weighted by Crippen LogP contribution is 2.32. The van der Waals surface area contributed by atoms with E-state index in [2.05, 4.69) is 0 Å². The van der Waals surface area contributed by atoms with Gasteiger partial charge < -0.3 is 28.4 Å². The molecule has 0 spiro atoms. The monoisotopic (exact) mass is 622 g/mol. The molecule has 0 bridgehead atoms. The first-order valence-corrected chi connectivity index (χ1v) is 15.0. The highest BCUT2D eigenvalue weighted by molar-refractivity contribution is 6.31. The summed E-state index contributed by atoms with van der Waals surface area (Å²) in [5.41, 5.74) is 3.93. The standard InChI is InChI=1S/C35H36Cl2O6/c1-38-35-34(42-23-28-14-8-9-15-30(28)37)33(41-22-26-12-6-3-7-13-26)32(40-21-25-10-4-2-5-11-25)31(43-35)24-39-20-27-16-18-29(36)19-17-27/h2-19,31-35H,20-24H2,1H3/t31-,32-,33+,34-,35-/m1/s1. The number of rotatable bonds is 14. The van der Waals surface area contributed by atoms with Gasteiger partial charge in [0.2, 0.25) is 0 Å². The number of halogens is 2. The van der Waals surface area contributed by atoms with Crippen LogP contribution in [0.2, 0.25) is 10.0 Å². The van der Waals surface area contributed by atoms with Gasteiger partial charge in [-0.1, -0.05) is 114 Å². The van der Waals surface area contributed by atoms with E-state index < -0.39 is 30.7 Å². The fourth-order valence-corrected chi connectivity index (χ4v) is 5.29. The summed E-state index contributed by atoms with van der Waals surface area (Å²) >= 11 is 12.5. The van der Waals surface area contributed by atoms with E-state index in [0.29, 0.717) is 29.9 Å². The smallest absolute Gasteiger partial charge is 0.186 e. The SMILES string of the molecule is CO[C@@H]1O[C@H](COCc2ccc(Cl)cc2)[C@@H](OCc2ccccc2)[C@H](OCc2ccccc2)[C@H]1OCc1ccccc1Cl. The molecule has 4 aromatic carbocycles. The van der Waals surface area contributed by atoms with E-state index in [1.807, 2.05) is 109 Å². The maximum absolute atomic E-state index is 6.63. The van der Waals surface area contributed by atoms with Gasteiger partial charge in [-0.15, -0.1) is 0 Å². The van der Waals surface area contributed by atoms with Gasteiger partial charge in [0.05, 0.1) is 33.0 Å². The average molecular weight is 624 g/mol. The second-order valence-electron chi connectivity index (χ2n) is 10.3. The first-order valence-electron chi connectivity index (χ1n) is 14.3. The summed E-state index contributed by atoms with van der Waals surface area (Å²) in [5, 5.41) is 1.30. The van der Waals surface area contributed by atoms with Crippen molar-refractivity contribution < 1.29 is 28.4 Å². The second-order valence-corrected chi connectivity index (χ2v) is 11.2. The van der Waals surface area contributed by atoms with E-state index in [1.165, 1.54) is 0 Å². The fourth-order valence-electron chi connectivity index (χ4n) is 4.98. The van der Waals surface area contributed by atoms with Crippen molar-refractivity contribution in [2.45, 2.75) is 57.1 Å². The predicted octanol–water partition coefficient (Wildman–Crippen LogP) is 7.64. The number of methoxy groups -OCH3 is 1. The highest BCUT2D eigenvalue weighted by atomic mass is 35.5. The lowest BCUT2D eigenvalue weighted by Gasteiger charge is -2.45. The molecular weight excluding hydrogens is 587 g/mol. The maximum Gasteiger partial charge on any atom is 0.186 e. The number of benzene rings is 4. The van der Waals surface area contributed by atoms with E-state index in [1.54, 1.807) is 7.11 Å². The molecule has 0 aromatic heterocycles. The zero-order valence-corrected chi connectivity index (χ0v) is 25.5. The minimum atomic E-state index is -0.732. The molecule has 0 saturated carbocycles. The minimum absolute atomic E-state index is 0.252. The first kappa shape index (κ1) is 31.6. The largest absolute Gasteiger partial charge is 0.374 e. The summed E-state index contributed by atoms with van der Waals surface area (Å²) in [4.78, 5) is 0. The Labute approximate surface area is 263 Å². The van der Waals surface area contributed by atoms with Gasteiger partial charge in [-0.05, 0) is 40.5 Å². The third-order valence-corrected chi connectivity index (χ3v) is 7.87. The molecule has 6 nitrogen and oxygen atoms in total. The molecule has 0 radical (unpaired) electrons. The van der Waals surface area contributed by atoms with Gasteiger partial charge in [0, 0.05) is 17.2 Å². The van der Waals surface area contributed by atoms with E-state index in [-0.39, 0.29) is 13.2 Å². The summed E-state index contributed by atoms with van der Waals surface area (Å²) in [7, 11) is 1.60. The van der Waals surface area contributed by atoms with Gasteiger partial charge >= 0.3 is 0 Å². The molecule has 0 N–H and O–H groups in total. The van der Waals surface area contributed by atoms with Crippen molar-refractivity contribution >= 4 is 23.2 Å². The second kappa shape index (κ2) is 16.3.